The van der Waals surface area contributed by atoms with Crippen LogP contribution in [0.25, 0.3) is 22.4 Å². The summed E-state index contributed by atoms with van der Waals surface area (Å²) in [4.78, 5) is 23.2. The second kappa shape index (κ2) is 8.73. The van der Waals surface area contributed by atoms with Crippen molar-refractivity contribution in [3.8, 4) is 11.4 Å². The fourth-order valence-electron chi connectivity index (χ4n) is 5.52. The minimum atomic E-state index is -0.240. The Hall–Kier alpha value is -3.29. The summed E-state index contributed by atoms with van der Waals surface area (Å²) in [7, 11) is 0. The fraction of sp³-hybridized carbons (Fsp3) is 0.393. The lowest BCUT2D eigenvalue weighted by Gasteiger charge is -2.45. The van der Waals surface area contributed by atoms with Crippen LogP contribution in [-0.4, -0.2) is 57.2 Å². The number of fused-ring (bicyclic) bond motifs is 2. The summed E-state index contributed by atoms with van der Waals surface area (Å²) in [6.07, 6.45) is 4.69. The smallest absolute Gasteiger partial charge is 0.162 e. The third-order valence-corrected chi connectivity index (χ3v) is 7.54. The van der Waals surface area contributed by atoms with Crippen LogP contribution in [0.15, 0.2) is 54.9 Å². The molecule has 1 saturated heterocycles. The first-order valence-electron chi connectivity index (χ1n) is 12.5. The lowest BCUT2D eigenvalue weighted by atomic mass is 9.86. The van der Waals surface area contributed by atoms with Crippen molar-refractivity contribution in [3.63, 3.8) is 0 Å². The summed E-state index contributed by atoms with van der Waals surface area (Å²) in [5, 5.41) is 1.04. The van der Waals surface area contributed by atoms with Crippen LogP contribution in [0.3, 0.4) is 0 Å². The molecule has 180 valence electrons. The van der Waals surface area contributed by atoms with E-state index in [9.17, 15) is 0 Å². The number of nitrogens with one attached hydrogen (secondary N) is 1. The van der Waals surface area contributed by atoms with E-state index in [4.69, 9.17) is 14.7 Å². The van der Waals surface area contributed by atoms with Crippen LogP contribution in [0.1, 0.15) is 37.6 Å². The molecule has 0 aliphatic carbocycles. The van der Waals surface area contributed by atoms with E-state index < -0.39 is 0 Å². The van der Waals surface area contributed by atoms with E-state index in [2.05, 4.69) is 76.9 Å². The average Bonchev–Trinajstić information content (AvgIpc) is 3.36. The predicted molar refractivity (Wildman–Crippen MR) is 138 cm³/mol. The van der Waals surface area contributed by atoms with Crippen molar-refractivity contribution in [1.82, 2.24) is 24.8 Å². The van der Waals surface area contributed by atoms with E-state index in [0.29, 0.717) is 0 Å². The highest BCUT2D eigenvalue weighted by atomic mass is 16.5. The number of hydrogen-bond donors (Lipinski definition) is 1. The Morgan fingerprint density at radius 1 is 1.09 bits per heavy atom. The SMILES string of the molecule is C[C@@H]1COCCN1c1nc(-c2ccnc3[nH]ccc23)nc2c1CCN(Cc1ccccc1)C2(C)C. The number of aromatic amines is 1. The van der Waals surface area contributed by atoms with Gasteiger partial charge in [0.25, 0.3) is 0 Å². The van der Waals surface area contributed by atoms with Crippen molar-refractivity contribution < 1.29 is 4.74 Å². The zero-order valence-electron chi connectivity index (χ0n) is 20.7. The van der Waals surface area contributed by atoms with Crippen LogP contribution in [0.2, 0.25) is 0 Å². The highest BCUT2D eigenvalue weighted by Crippen LogP contribution is 2.40. The van der Waals surface area contributed by atoms with Gasteiger partial charge in [-0.25, -0.2) is 15.0 Å². The van der Waals surface area contributed by atoms with Gasteiger partial charge >= 0.3 is 0 Å². The molecule has 0 spiro atoms. The Morgan fingerprint density at radius 2 is 1.94 bits per heavy atom. The van der Waals surface area contributed by atoms with Gasteiger partial charge in [0.1, 0.15) is 11.5 Å². The van der Waals surface area contributed by atoms with Gasteiger partial charge in [0.05, 0.1) is 30.5 Å². The molecular weight excluding hydrogens is 436 g/mol. The first kappa shape index (κ1) is 22.2. The summed E-state index contributed by atoms with van der Waals surface area (Å²) in [5.41, 5.74) is 5.35. The molecule has 2 aliphatic heterocycles. The molecule has 6 rings (SSSR count). The van der Waals surface area contributed by atoms with E-state index in [-0.39, 0.29) is 11.6 Å². The monoisotopic (exact) mass is 468 g/mol. The lowest BCUT2D eigenvalue weighted by Crippen LogP contribution is -2.49. The van der Waals surface area contributed by atoms with E-state index in [1.54, 1.807) is 0 Å². The largest absolute Gasteiger partial charge is 0.377 e. The molecule has 7 nitrogen and oxygen atoms in total. The van der Waals surface area contributed by atoms with Gasteiger partial charge in [-0.1, -0.05) is 30.3 Å². The van der Waals surface area contributed by atoms with E-state index in [1.165, 1.54) is 11.1 Å². The highest BCUT2D eigenvalue weighted by Gasteiger charge is 2.39. The molecule has 1 fully saturated rings. The van der Waals surface area contributed by atoms with Crippen molar-refractivity contribution in [3.05, 3.63) is 71.7 Å². The molecule has 0 bridgehead atoms. The van der Waals surface area contributed by atoms with E-state index in [0.717, 1.165) is 73.2 Å². The van der Waals surface area contributed by atoms with Crippen LogP contribution in [0, 0.1) is 0 Å². The van der Waals surface area contributed by atoms with Gasteiger partial charge in [0.2, 0.25) is 0 Å². The summed E-state index contributed by atoms with van der Waals surface area (Å²) < 4.78 is 5.76. The number of ether oxygens (including phenoxy) is 1. The standard InChI is InChI=1S/C28H32N6O/c1-19-18-35-16-15-34(19)27-23-11-14-33(17-20-7-5-4-6-8-20)28(2,3)24(23)31-26(32-27)22-10-13-30-25-21(22)9-12-29-25/h4-10,12-13,19H,11,14-18H2,1-3H3,(H,29,30)/t19-/m1/s1. The van der Waals surface area contributed by atoms with Crippen molar-refractivity contribution in [2.24, 2.45) is 0 Å². The fourth-order valence-corrected chi connectivity index (χ4v) is 5.52. The van der Waals surface area contributed by atoms with Crippen molar-refractivity contribution in [2.75, 3.05) is 31.2 Å². The third-order valence-electron chi connectivity index (χ3n) is 7.54. The zero-order valence-corrected chi connectivity index (χ0v) is 20.7. The number of hydrogen-bond acceptors (Lipinski definition) is 6. The van der Waals surface area contributed by atoms with E-state index in [1.807, 2.05) is 18.5 Å². The number of pyridine rings is 1. The molecule has 35 heavy (non-hydrogen) atoms. The first-order chi connectivity index (χ1) is 17.0. The Balaban J connectivity index is 1.51. The Labute approximate surface area is 206 Å². The topological polar surface area (TPSA) is 70.2 Å². The second-order valence-corrected chi connectivity index (χ2v) is 10.1. The number of H-pyrrole nitrogens is 1. The average molecular weight is 469 g/mol. The van der Waals surface area contributed by atoms with Gasteiger partial charge in [0.15, 0.2) is 5.82 Å². The number of morpholine rings is 1. The summed E-state index contributed by atoms with van der Waals surface area (Å²) in [6, 6.07) is 15.1. The van der Waals surface area contributed by atoms with Crippen LogP contribution in [0.4, 0.5) is 5.82 Å². The normalized spacial score (nSPS) is 20.2. The summed E-state index contributed by atoms with van der Waals surface area (Å²) >= 11 is 0. The number of benzene rings is 1. The molecule has 4 aromatic rings. The van der Waals surface area contributed by atoms with Gasteiger partial charge in [-0.05, 0) is 44.9 Å². The Bertz CT molecular complexity index is 1350. The molecule has 1 atom stereocenters. The number of anilines is 1. The number of rotatable bonds is 4. The van der Waals surface area contributed by atoms with Gasteiger partial charge in [-0.2, -0.15) is 0 Å². The number of nitrogens with zero attached hydrogens (tertiary/aromatic N) is 5. The van der Waals surface area contributed by atoms with Crippen molar-refractivity contribution in [2.45, 2.75) is 45.3 Å². The molecule has 7 heteroatoms. The van der Waals surface area contributed by atoms with Crippen LogP contribution in [0.5, 0.6) is 0 Å². The van der Waals surface area contributed by atoms with Gasteiger partial charge < -0.3 is 14.6 Å². The minimum absolute atomic E-state index is 0.240. The summed E-state index contributed by atoms with van der Waals surface area (Å²) in [6.45, 7) is 11.0. The van der Waals surface area contributed by atoms with Crippen molar-refractivity contribution in [1.29, 1.82) is 0 Å². The maximum atomic E-state index is 5.76. The van der Waals surface area contributed by atoms with Crippen LogP contribution in [-0.2, 0) is 23.2 Å². The molecule has 3 aromatic heterocycles. The van der Waals surface area contributed by atoms with Gasteiger partial charge in [-0.15, -0.1) is 0 Å². The quantitative estimate of drug-likeness (QED) is 0.474. The second-order valence-electron chi connectivity index (χ2n) is 10.1. The summed E-state index contributed by atoms with van der Waals surface area (Å²) in [5.74, 6) is 1.83. The Kier molecular flexibility index (Phi) is 5.54. The predicted octanol–water partition coefficient (Wildman–Crippen LogP) is 4.54. The molecule has 0 saturated carbocycles. The van der Waals surface area contributed by atoms with Crippen molar-refractivity contribution >= 4 is 16.9 Å². The third kappa shape index (κ3) is 3.89. The molecule has 0 unspecified atom stereocenters. The lowest BCUT2D eigenvalue weighted by molar-refractivity contribution is 0.0909. The van der Waals surface area contributed by atoms with Crippen LogP contribution >= 0.6 is 0 Å². The highest BCUT2D eigenvalue weighted by molar-refractivity contribution is 5.91. The zero-order chi connectivity index (χ0) is 24.0. The molecule has 1 aromatic carbocycles. The van der Waals surface area contributed by atoms with E-state index >= 15 is 0 Å². The molecule has 0 amide bonds. The molecule has 1 N–H and O–H groups in total. The van der Waals surface area contributed by atoms with Gasteiger partial charge in [0, 0.05) is 48.5 Å². The van der Waals surface area contributed by atoms with Crippen LogP contribution < -0.4 is 4.90 Å². The maximum absolute atomic E-state index is 5.76. The Morgan fingerprint density at radius 3 is 2.77 bits per heavy atom. The first-order valence-corrected chi connectivity index (χ1v) is 12.5. The van der Waals surface area contributed by atoms with Gasteiger partial charge in [-0.3, -0.25) is 4.90 Å². The number of aromatic nitrogens is 4. The minimum Gasteiger partial charge on any atom is -0.377 e. The molecule has 2 aliphatic rings. The molecular formula is C28H32N6O. The maximum Gasteiger partial charge on any atom is 0.162 e. The molecule has 5 heterocycles. The molecule has 0 radical (unpaired) electrons.